The summed E-state index contributed by atoms with van der Waals surface area (Å²) >= 11 is 1.75. The van der Waals surface area contributed by atoms with Crippen LogP contribution in [0, 0.1) is 0 Å². The Morgan fingerprint density at radius 3 is 2.74 bits per heavy atom. The van der Waals surface area contributed by atoms with E-state index in [9.17, 15) is 0 Å². The largest absolute Gasteiger partial charge is 0.357 e. The van der Waals surface area contributed by atoms with Crippen LogP contribution < -0.4 is 10.6 Å². The summed E-state index contributed by atoms with van der Waals surface area (Å²) in [6.07, 6.45) is 5.70. The molecule has 1 aliphatic rings. The van der Waals surface area contributed by atoms with Crippen molar-refractivity contribution < 1.29 is 0 Å². The minimum absolute atomic E-state index is 0. The lowest BCUT2D eigenvalue weighted by atomic mass is 10.3. The topological polar surface area (TPSA) is 52.6 Å². The number of nitrogens with zero attached hydrogens (tertiary/aromatic N) is 3. The van der Waals surface area contributed by atoms with Crippen molar-refractivity contribution in [3.05, 3.63) is 16.1 Å². The fourth-order valence-electron chi connectivity index (χ4n) is 2.30. The second-order valence-corrected chi connectivity index (χ2v) is 7.10. The molecule has 1 aliphatic carbocycles. The molecule has 1 fully saturated rings. The summed E-state index contributed by atoms with van der Waals surface area (Å²) in [6, 6.07) is 1.31. The van der Waals surface area contributed by atoms with Gasteiger partial charge in [-0.2, -0.15) is 0 Å². The highest BCUT2D eigenvalue weighted by molar-refractivity contribution is 14.0. The highest BCUT2D eigenvalue weighted by atomic mass is 127. The zero-order valence-electron chi connectivity index (χ0n) is 14.6. The summed E-state index contributed by atoms with van der Waals surface area (Å²) < 4.78 is 0. The Labute approximate surface area is 161 Å². The van der Waals surface area contributed by atoms with Crippen LogP contribution in [-0.2, 0) is 13.0 Å². The average Bonchev–Trinajstić information content (AvgIpc) is 3.27. The third-order valence-corrected chi connectivity index (χ3v) is 5.18. The monoisotopic (exact) mass is 451 g/mol. The smallest absolute Gasteiger partial charge is 0.191 e. The van der Waals surface area contributed by atoms with Crippen molar-refractivity contribution >= 4 is 41.3 Å². The van der Waals surface area contributed by atoms with E-state index in [0.717, 1.165) is 36.5 Å². The van der Waals surface area contributed by atoms with E-state index in [0.29, 0.717) is 12.6 Å². The highest BCUT2D eigenvalue weighted by Crippen LogP contribution is 2.26. The molecular formula is C16H30IN5S. The zero-order chi connectivity index (χ0) is 15.9. The van der Waals surface area contributed by atoms with Gasteiger partial charge in [0.15, 0.2) is 5.96 Å². The molecule has 23 heavy (non-hydrogen) atoms. The number of aromatic nitrogens is 1. The Morgan fingerprint density at radius 2 is 2.17 bits per heavy atom. The van der Waals surface area contributed by atoms with E-state index in [4.69, 9.17) is 0 Å². The predicted molar refractivity (Wildman–Crippen MR) is 110 cm³/mol. The van der Waals surface area contributed by atoms with Crippen LogP contribution >= 0.6 is 35.3 Å². The molecular weight excluding hydrogens is 421 g/mol. The molecule has 0 aromatic carbocycles. The van der Waals surface area contributed by atoms with Crippen LogP contribution in [0.1, 0.15) is 43.5 Å². The predicted octanol–water partition coefficient (Wildman–Crippen LogP) is 2.86. The summed E-state index contributed by atoms with van der Waals surface area (Å²) in [7, 11) is 2.22. The first-order chi connectivity index (χ1) is 10.6. The van der Waals surface area contributed by atoms with E-state index >= 15 is 0 Å². The molecule has 2 N–H and O–H groups in total. The van der Waals surface area contributed by atoms with Crippen LogP contribution in [0.15, 0.2) is 11.2 Å². The standard InChI is InChI=1S/C16H29N5S.HI/c1-5-14-10-18-15(22-14)11-20-16(17-6-2)19-9-12(3)21(4)13-7-8-13;/h10,12-13H,5-9,11H2,1-4H3,(H2,17,19,20);1H. The number of hydrogen-bond acceptors (Lipinski definition) is 4. The van der Waals surface area contributed by atoms with E-state index in [-0.39, 0.29) is 24.0 Å². The summed E-state index contributed by atoms with van der Waals surface area (Å²) in [5, 5.41) is 7.84. The molecule has 0 bridgehead atoms. The van der Waals surface area contributed by atoms with Gasteiger partial charge in [0.05, 0.1) is 6.54 Å². The van der Waals surface area contributed by atoms with E-state index in [1.165, 1.54) is 17.7 Å². The zero-order valence-corrected chi connectivity index (χ0v) is 17.8. The lowest BCUT2D eigenvalue weighted by molar-refractivity contribution is 0.247. The van der Waals surface area contributed by atoms with Gasteiger partial charge in [-0.3, -0.25) is 4.90 Å². The van der Waals surface area contributed by atoms with Gasteiger partial charge in [0.25, 0.3) is 0 Å². The maximum Gasteiger partial charge on any atom is 0.191 e. The first kappa shape index (κ1) is 20.6. The molecule has 0 amide bonds. The first-order valence-corrected chi connectivity index (χ1v) is 9.13. The Balaban J connectivity index is 0.00000264. The molecule has 0 spiro atoms. The van der Waals surface area contributed by atoms with Crippen molar-refractivity contribution in [2.24, 2.45) is 4.99 Å². The molecule has 1 unspecified atom stereocenters. The van der Waals surface area contributed by atoms with Gasteiger partial charge in [0, 0.05) is 36.2 Å². The number of aryl methyl sites for hydroxylation is 1. The molecule has 1 aromatic heterocycles. The normalized spacial score (nSPS) is 16.1. The van der Waals surface area contributed by atoms with Crippen LogP contribution in [0.25, 0.3) is 0 Å². The second kappa shape index (κ2) is 10.5. The molecule has 1 aromatic rings. The summed E-state index contributed by atoms with van der Waals surface area (Å²) in [5.41, 5.74) is 0. The van der Waals surface area contributed by atoms with E-state index < -0.39 is 0 Å². The van der Waals surface area contributed by atoms with Gasteiger partial charge in [-0.15, -0.1) is 35.3 Å². The summed E-state index contributed by atoms with van der Waals surface area (Å²) in [6.45, 7) is 8.95. The van der Waals surface area contributed by atoms with Gasteiger partial charge in [-0.25, -0.2) is 9.98 Å². The quantitative estimate of drug-likeness (QED) is 0.363. The van der Waals surface area contributed by atoms with E-state index in [1.54, 1.807) is 11.3 Å². The van der Waals surface area contributed by atoms with E-state index in [1.807, 2.05) is 6.20 Å². The lowest BCUT2D eigenvalue weighted by Crippen LogP contribution is -2.45. The number of likely N-dealkylation sites (N-methyl/N-ethyl adjacent to an activating group) is 1. The van der Waals surface area contributed by atoms with Crippen LogP contribution in [0.4, 0.5) is 0 Å². The van der Waals surface area contributed by atoms with E-state index in [2.05, 4.69) is 53.3 Å². The van der Waals surface area contributed by atoms with Crippen molar-refractivity contribution in [1.82, 2.24) is 20.5 Å². The first-order valence-electron chi connectivity index (χ1n) is 8.31. The van der Waals surface area contributed by atoms with Crippen molar-refractivity contribution in [2.75, 3.05) is 20.1 Å². The third-order valence-electron chi connectivity index (χ3n) is 4.05. The van der Waals surface area contributed by atoms with Gasteiger partial charge >= 0.3 is 0 Å². The fraction of sp³-hybridized carbons (Fsp3) is 0.750. The van der Waals surface area contributed by atoms with Crippen LogP contribution in [-0.4, -0.2) is 48.1 Å². The van der Waals surface area contributed by atoms with Crippen molar-refractivity contribution in [2.45, 2.75) is 58.7 Å². The summed E-state index contributed by atoms with van der Waals surface area (Å²) in [5.74, 6) is 0.881. The Hall–Kier alpha value is -0.410. The average molecular weight is 451 g/mol. The number of halogens is 1. The Bertz CT molecular complexity index is 487. The number of hydrogen-bond donors (Lipinski definition) is 2. The number of rotatable bonds is 8. The third kappa shape index (κ3) is 6.93. The molecule has 1 atom stereocenters. The molecule has 7 heteroatoms. The molecule has 0 aliphatic heterocycles. The number of guanidine groups is 1. The Morgan fingerprint density at radius 1 is 1.43 bits per heavy atom. The van der Waals surface area contributed by atoms with Crippen LogP contribution in [0.2, 0.25) is 0 Å². The molecule has 132 valence electrons. The minimum atomic E-state index is 0. The Kier molecular flexibility index (Phi) is 9.38. The SMILES string of the molecule is CCNC(=NCc1ncc(CC)s1)NCC(C)N(C)C1CC1.I. The minimum Gasteiger partial charge on any atom is -0.357 e. The van der Waals surface area contributed by atoms with Crippen molar-refractivity contribution in [3.8, 4) is 0 Å². The maximum absolute atomic E-state index is 4.65. The molecule has 1 heterocycles. The van der Waals surface area contributed by atoms with Crippen molar-refractivity contribution in [3.63, 3.8) is 0 Å². The molecule has 0 radical (unpaired) electrons. The van der Waals surface area contributed by atoms with Gasteiger partial charge < -0.3 is 10.6 Å². The van der Waals surface area contributed by atoms with Gasteiger partial charge in [0.2, 0.25) is 0 Å². The molecule has 5 nitrogen and oxygen atoms in total. The molecule has 1 saturated carbocycles. The van der Waals surface area contributed by atoms with Crippen LogP contribution in [0.3, 0.4) is 0 Å². The fourth-order valence-corrected chi connectivity index (χ4v) is 3.09. The van der Waals surface area contributed by atoms with Gasteiger partial charge in [-0.1, -0.05) is 6.92 Å². The number of nitrogens with one attached hydrogen (secondary N) is 2. The lowest BCUT2D eigenvalue weighted by Gasteiger charge is -2.25. The summed E-state index contributed by atoms with van der Waals surface area (Å²) in [4.78, 5) is 12.9. The van der Waals surface area contributed by atoms with Gasteiger partial charge in [0.1, 0.15) is 5.01 Å². The molecule has 2 rings (SSSR count). The maximum atomic E-state index is 4.65. The van der Waals surface area contributed by atoms with Crippen molar-refractivity contribution in [1.29, 1.82) is 0 Å². The number of thiazole rings is 1. The highest BCUT2D eigenvalue weighted by Gasteiger charge is 2.28. The second-order valence-electron chi connectivity index (χ2n) is 5.90. The number of aliphatic imine (C=N–C) groups is 1. The van der Waals surface area contributed by atoms with Gasteiger partial charge in [-0.05, 0) is 40.2 Å². The van der Waals surface area contributed by atoms with Crippen LogP contribution in [0.5, 0.6) is 0 Å². The molecule has 0 saturated heterocycles.